The molecule has 4 heteroatoms. The van der Waals surface area contributed by atoms with Gasteiger partial charge < -0.3 is 10.5 Å². The third-order valence-electron chi connectivity index (χ3n) is 2.86. The van der Waals surface area contributed by atoms with Crippen LogP contribution >= 0.6 is 0 Å². The average Bonchev–Trinajstić information content (AvgIpc) is 2.15. The molecule has 1 aliphatic rings. The van der Waals surface area contributed by atoms with Crippen molar-refractivity contribution in [2.24, 2.45) is 0 Å². The molecule has 1 amide bonds. The second-order valence-corrected chi connectivity index (χ2v) is 4.61. The number of cyclic esters (lactones) is 1. The highest BCUT2D eigenvalue weighted by Crippen LogP contribution is 2.31. The number of ether oxygens (including phenoxy) is 1. The van der Waals surface area contributed by atoms with Crippen molar-refractivity contribution in [1.29, 1.82) is 0 Å². The first-order valence-corrected chi connectivity index (χ1v) is 5.33. The van der Waals surface area contributed by atoms with Crippen molar-refractivity contribution in [2.45, 2.75) is 25.8 Å². The Labute approximate surface area is 95.0 Å². The number of anilines is 2. The molecule has 1 aliphatic heterocycles. The second-order valence-electron chi connectivity index (χ2n) is 4.61. The van der Waals surface area contributed by atoms with Gasteiger partial charge in [-0.25, -0.2) is 4.79 Å². The number of nitrogen functional groups attached to an aromatic ring is 1. The number of amides is 1. The molecule has 86 valence electrons. The van der Waals surface area contributed by atoms with Crippen LogP contribution in [0, 0.1) is 0 Å². The van der Waals surface area contributed by atoms with Crippen LogP contribution in [0.25, 0.3) is 0 Å². The van der Waals surface area contributed by atoms with Crippen molar-refractivity contribution < 1.29 is 9.53 Å². The first-order chi connectivity index (χ1) is 7.50. The number of carbonyl (C=O) groups is 1. The average molecular weight is 220 g/mol. The number of rotatable bonds is 1. The molecule has 0 bridgehead atoms. The van der Waals surface area contributed by atoms with Gasteiger partial charge in [-0.3, -0.25) is 4.90 Å². The summed E-state index contributed by atoms with van der Waals surface area (Å²) >= 11 is 0. The molecule has 1 aromatic carbocycles. The topological polar surface area (TPSA) is 55.6 Å². The Bertz CT molecular complexity index is 415. The highest BCUT2D eigenvalue weighted by atomic mass is 16.6. The van der Waals surface area contributed by atoms with Crippen molar-refractivity contribution in [3.63, 3.8) is 0 Å². The van der Waals surface area contributed by atoms with Crippen LogP contribution in [0.4, 0.5) is 16.2 Å². The summed E-state index contributed by atoms with van der Waals surface area (Å²) in [7, 11) is 0. The second kappa shape index (κ2) is 3.70. The Hall–Kier alpha value is -1.71. The lowest BCUT2D eigenvalue weighted by atomic mass is 9.97. The number of carbonyl (C=O) groups excluding carboxylic acids is 1. The Morgan fingerprint density at radius 2 is 2.19 bits per heavy atom. The van der Waals surface area contributed by atoms with Crippen LogP contribution in [0.2, 0.25) is 0 Å². The molecule has 1 heterocycles. The van der Waals surface area contributed by atoms with Crippen molar-refractivity contribution in [3.8, 4) is 0 Å². The molecule has 2 rings (SSSR count). The molecular formula is C12H16N2O2. The van der Waals surface area contributed by atoms with E-state index in [2.05, 4.69) is 0 Å². The van der Waals surface area contributed by atoms with Gasteiger partial charge in [-0.05, 0) is 32.0 Å². The maximum Gasteiger partial charge on any atom is 0.414 e. The summed E-state index contributed by atoms with van der Waals surface area (Å²) in [6.45, 7) is 4.53. The quantitative estimate of drug-likeness (QED) is 0.739. The molecule has 1 aromatic rings. The van der Waals surface area contributed by atoms with Crippen LogP contribution < -0.4 is 10.6 Å². The van der Waals surface area contributed by atoms with Gasteiger partial charge in [0.15, 0.2) is 0 Å². The first-order valence-electron chi connectivity index (χ1n) is 5.33. The zero-order chi connectivity index (χ0) is 11.8. The molecule has 0 aromatic heterocycles. The molecule has 16 heavy (non-hydrogen) atoms. The fourth-order valence-electron chi connectivity index (χ4n) is 1.93. The summed E-state index contributed by atoms with van der Waals surface area (Å²) in [6, 6.07) is 7.29. The molecule has 0 unspecified atom stereocenters. The predicted octanol–water partition coefficient (Wildman–Crippen LogP) is 2.39. The molecule has 2 N–H and O–H groups in total. The number of hydrogen-bond donors (Lipinski definition) is 1. The van der Waals surface area contributed by atoms with E-state index in [0.29, 0.717) is 12.3 Å². The Morgan fingerprint density at radius 3 is 2.81 bits per heavy atom. The van der Waals surface area contributed by atoms with E-state index in [0.717, 1.165) is 12.1 Å². The standard InChI is InChI=1S/C12H16N2O2/c1-12(2)6-7-16-11(15)14(12)10-5-3-4-9(13)8-10/h3-5,8H,6-7,13H2,1-2H3. The summed E-state index contributed by atoms with van der Waals surface area (Å²) in [5.41, 5.74) is 6.92. The van der Waals surface area contributed by atoms with E-state index in [9.17, 15) is 4.79 Å². The Kier molecular flexibility index (Phi) is 2.50. The molecule has 0 atom stereocenters. The fourth-order valence-corrected chi connectivity index (χ4v) is 1.93. The first kappa shape index (κ1) is 10.8. The summed E-state index contributed by atoms with van der Waals surface area (Å²) in [4.78, 5) is 13.4. The lowest BCUT2D eigenvalue weighted by Crippen LogP contribution is -2.52. The van der Waals surface area contributed by atoms with Crippen LogP contribution in [0.1, 0.15) is 20.3 Å². The molecule has 4 nitrogen and oxygen atoms in total. The largest absolute Gasteiger partial charge is 0.449 e. The van der Waals surface area contributed by atoms with E-state index in [1.807, 2.05) is 26.0 Å². The van der Waals surface area contributed by atoms with Gasteiger partial charge in [-0.15, -0.1) is 0 Å². The van der Waals surface area contributed by atoms with Gasteiger partial charge in [0.05, 0.1) is 6.61 Å². The van der Waals surface area contributed by atoms with E-state index in [1.54, 1.807) is 17.0 Å². The number of benzene rings is 1. The van der Waals surface area contributed by atoms with E-state index < -0.39 is 0 Å². The minimum absolute atomic E-state index is 0.233. The van der Waals surface area contributed by atoms with Crippen molar-refractivity contribution in [3.05, 3.63) is 24.3 Å². The van der Waals surface area contributed by atoms with Gasteiger partial charge in [-0.1, -0.05) is 6.07 Å². The summed E-state index contributed by atoms with van der Waals surface area (Å²) in [6.07, 6.45) is 0.509. The van der Waals surface area contributed by atoms with Gasteiger partial charge in [0, 0.05) is 23.3 Å². The van der Waals surface area contributed by atoms with Crippen molar-refractivity contribution >= 4 is 17.5 Å². The summed E-state index contributed by atoms with van der Waals surface area (Å²) < 4.78 is 5.07. The maximum absolute atomic E-state index is 11.8. The Morgan fingerprint density at radius 1 is 1.44 bits per heavy atom. The van der Waals surface area contributed by atoms with E-state index in [-0.39, 0.29) is 11.6 Å². The van der Waals surface area contributed by atoms with Gasteiger partial charge in [0.1, 0.15) is 0 Å². The number of nitrogens with zero attached hydrogens (tertiary/aromatic N) is 1. The maximum atomic E-state index is 11.8. The van der Waals surface area contributed by atoms with E-state index in [1.165, 1.54) is 0 Å². The third kappa shape index (κ3) is 1.83. The van der Waals surface area contributed by atoms with Crippen LogP contribution in [0.15, 0.2) is 24.3 Å². The number of hydrogen-bond acceptors (Lipinski definition) is 3. The van der Waals surface area contributed by atoms with Gasteiger partial charge in [0.25, 0.3) is 0 Å². The Balaban J connectivity index is 2.40. The van der Waals surface area contributed by atoms with Gasteiger partial charge >= 0.3 is 6.09 Å². The zero-order valence-corrected chi connectivity index (χ0v) is 9.56. The van der Waals surface area contributed by atoms with Crippen molar-refractivity contribution in [2.75, 3.05) is 17.2 Å². The molecule has 0 saturated carbocycles. The number of nitrogens with two attached hydrogens (primary N) is 1. The van der Waals surface area contributed by atoms with Crippen LogP contribution in [-0.4, -0.2) is 18.2 Å². The third-order valence-corrected chi connectivity index (χ3v) is 2.86. The minimum atomic E-state index is -0.304. The molecule has 0 spiro atoms. The smallest absolute Gasteiger partial charge is 0.414 e. The normalized spacial score (nSPS) is 19.4. The molecule has 1 saturated heterocycles. The molecule has 0 aliphatic carbocycles. The molecular weight excluding hydrogens is 204 g/mol. The van der Waals surface area contributed by atoms with Crippen molar-refractivity contribution in [1.82, 2.24) is 0 Å². The van der Waals surface area contributed by atoms with E-state index >= 15 is 0 Å². The summed E-state index contributed by atoms with van der Waals surface area (Å²) in [5.74, 6) is 0. The van der Waals surface area contributed by atoms with Crippen LogP contribution in [0.3, 0.4) is 0 Å². The van der Waals surface area contributed by atoms with Gasteiger partial charge in [-0.2, -0.15) is 0 Å². The minimum Gasteiger partial charge on any atom is -0.449 e. The SMILES string of the molecule is CC1(C)CCOC(=O)N1c1cccc(N)c1. The molecule has 1 fully saturated rings. The summed E-state index contributed by atoms with van der Waals surface area (Å²) in [5, 5.41) is 0. The molecule has 0 radical (unpaired) electrons. The predicted molar refractivity (Wildman–Crippen MR) is 63.4 cm³/mol. The van der Waals surface area contributed by atoms with Crippen LogP contribution in [-0.2, 0) is 4.74 Å². The van der Waals surface area contributed by atoms with Gasteiger partial charge in [0.2, 0.25) is 0 Å². The highest BCUT2D eigenvalue weighted by molar-refractivity contribution is 5.90. The van der Waals surface area contributed by atoms with E-state index in [4.69, 9.17) is 10.5 Å². The monoisotopic (exact) mass is 220 g/mol. The lowest BCUT2D eigenvalue weighted by molar-refractivity contribution is 0.115. The van der Waals surface area contributed by atoms with Crippen LogP contribution in [0.5, 0.6) is 0 Å². The fraction of sp³-hybridized carbons (Fsp3) is 0.417. The highest BCUT2D eigenvalue weighted by Gasteiger charge is 2.37. The zero-order valence-electron chi connectivity index (χ0n) is 9.56. The lowest BCUT2D eigenvalue weighted by Gasteiger charge is -2.41.